The normalized spacial score (nSPS) is 16.2. The van der Waals surface area contributed by atoms with Crippen LogP contribution in [0.5, 0.6) is 0 Å². The molecule has 0 bridgehead atoms. The maximum absolute atomic E-state index is 13.2. The Morgan fingerprint density at radius 3 is 2.39 bits per heavy atom. The molecule has 1 aliphatic heterocycles. The van der Waals surface area contributed by atoms with Gasteiger partial charge in [0.2, 0.25) is 5.91 Å². The summed E-state index contributed by atoms with van der Waals surface area (Å²) in [6.07, 6.45) is -0.693. The molecule has 2 aromatic carbocycles. The molecule has 0 spiro atoms. The lowest BCUT2D eigenvalue weighted by Crippen LogP contribution is -2.57. The number of methoxy groups -OCH3 is 1. The Morgan fingerprint density at radius 1 is 1.08 bits per heavy atom. The quantitative estimate of drug-likeness (QED) is 0.376. The zero-order valence-corrected chi connectivity index (χ0v) is 21.1. The summed E-state index contributed by atoms with van der Waals surface area (Å²) in [5, 5.41) is 11.8. The summed E-state index contributed by atoms with van der Waals surface area (Å²) in [6, 6.07) is 15.5. The molecule has 1 heterocycles. The first-order valence-corrected chi connectivity index (χ1v) is 12.0. The highest BCUT2D eigenvalue weighted by atomic mass is 16.5. The Bertz CT molecular complexity index is 1080. The van der Waals surface area contributed by atoms with Crippen LogP contribution in [0.3, 0.4) is 0 Å². The predicted octanol–water partition coefficient (Wildman–Crippen LogP) is 1.40. The third kappa shape index (κ3) is 7.10. The minimum atomic E-state index is -0.819. The second-order valence-corrected chi connectivity index (χ2v) is 8.87. The van der Waals surface area contributed by atoms with E-state index in [2.05, 4.69) is 31.0 Å². The lowest BCUT2D eigenvalue weighted by molar-refractivity contribution is -0.124. The molecule has 1 unspecified atom stereocenters. The molecule has 189 valence electrons. The van der Waals surface area contributed by atoms with Gasteiger partial charge in [-0.05, 0) is 23.6 Å². The van der Waals surface area contributed by atoms with E-state index < -0.39 is 24.1 Å². The van der Waals surface area contributed by atoms with Gasteiger partial charge in [-0.1, -0.05) is 68.6 Å². The van der Waals surface area contributed by atoms with Crippen molar-refractivity contribution in [3.63, 3.8) is 0 Å². The van der Waals surface area contributed by atoms with E-state index in [1.54, 1.807) is 24.3 Å². The van der Waals surface area contributed by atoms with Gasteiger partial charge in [-0.25, -0.2) is 4.79 Å². The Morgan fingerprint density at radius 2 is 1.78 bits per heavy atom. The Labute approximate surface area is 212 Å². The highest BCUT2D eigenvalue weighted by Gasteiger charge is 2.31. The number of carbonyl (C=O) groups is 3. The molecule has 1 aliphatic rings. The van der Waals surface area contributed by atoms with Gasteiger partial charge < -0.3 is 26.0 Å². The molecular formula is C26H33BN5O4. The summed E-state index contributed by atoms with van der Waals surface area (Å²) < 4.78 is 4.67. The van der Waals surface area contributed by atoms with Gasteiger partial charge in [-0.15, -0.1) is 0 Å². The molecule has 3 amide bonds. The van der Waals surface area contributed by atoms with E-state index in [1.807, 2.05) is 58.3 Å². The number of carbonyl (C=O) groups excluding carboxylic acids is 3. The van der Waals surface area contributed by atoms with E-state index in [-0.39, 0.29) is 24.4 Å². The van der Waals surface area contributed by atoms with Crippen molar-refractivity contribution in [3.8, 4) is 0 Å². The monoisotopic (exact) mass is 490 g/mol. The minimum absolute atomic E-state index is 0.0516. The van der Waals surface area contributed by atoms with Crippen LogP contribution in [0.25, 0.3) is 0 Å². The maximum atomic E-state index is 13.2. The lowest BCUT2D eigenvalue weighted by Gasteiger charge is -2.26. The second kappa shape index (κ2) is 12.8. The third-order valence-electron chi connectivity index (χ3n) is 6.00. The fourth-order valence-corrected chi connectivity index (χ4v) is 3.86. The van der Waals surface area contributed by atoms with E-state index in [4.69, 9.17) is 0 Å². The summed E-state index contributed by atoms with van der Waals surface area (Å²) in [4.78, 5) is 42.2. The fraction of sp³-hybridized carbons (Fsp3) is 0.385. The van der Waals surface area contributed by atoms with Gasteiger partial charge in [0.15, 0.2) is 0 Å². The van der Waals surface area contributed by atoms with Crippen LogP contribution >= 0.6 is 0 Å². The average molecular weight is 490 g/mol. The molecule has 0 aliphatic carbocycles. The average Bonchev–Trinajstić information content (AvgIpc) is 3.39. The molecule has 10 heteroatoms. The van der Waals surface area contributed by atoms with Crippen molar-refractivity contribution in [1.82, 2.24) is 21.3 Å². The topological polar surface area (TPSA) is 121 Å². The number of aliphatic imine (C=N–C) groups is 1. The third-order valence-corrected chi connectivity index (χ3v) is 6.00. The van der Waals surface area contributed by atoms with E-state index in [0.29, 0.717) is 17.9 Å². The van der Waals surface area contributed by atoms with Gasteiger partial charge in [0.25, 0.3) is 5.91 Å². The molecule has 36 heavy (non-hydrogen) atoms. The number of ether oxygens (including phenoxy) is 1. The number of rotatable bonds is 10. The van der Waals surface area contributed by atoms with E-state index in [1.165, 1.54) is 7.11 Å². The summed E-state index contributed by atoms with van der Waals surface area (Å²) in [5.74, 6) is -0.285. The SMILES string of the molecule is C[B]c1ccc(C2CN=C([C@H](CNC(=O)c3ccccc3)NC(=O)[C@@H](NC(=O)OC)C(C)C)N2)cc1. The van der Waals surface area contributed by atoms with Crippen LogP contribution in [-0.4, -0.2) is 63.3 Å². The van der Waals surface area contributed by atoms with Gasteiger partial charge >= 0.3 is 6.09 Å². The van der Waals surface area contributed by atoms with Gasteiger partial charge in [0.1, 0.15) is 25.2 Å². The molecule has 9 nitrogen and oxygen atoms in total. The van der Waals surface area contributed by atoms with Crippen molar-refractivity contribution in [2.45, 2.75) is 38.8 Å². The summed E-state index contributed by atoms with van der Waals surface area (Å²) in [7, 11) is 3.28. The molecule has 0 fully saturated rings. The van der Waals surface area contributed by atoms with Crippen LogP contribution in [0.4, 0.5) is 4.79 Å². The maximum Gasteiger partial charge on any atom is 0.407 e. The number of hydrogen-bond donors (Lipinski definition) is 4. The molecular weight excluding hydrogens is 457 g/mol. The van der Waals surface area contributed by atoms with Crippen LogP contribution in [0.1, 0.15) is 35.8 Å². The minimum Gasteiger partial charge on any atom is -0.453 e. The van der Waals surface area contributed by atoms with Gasteiger partial charge in [-0.3, -0.25) is 14.6 Å². The molecule has 4 N–H and O–H groups in total. The molecule has 1 radical (unpaired) electrons. The van der Waals surface area contributed by atoms with Crippen molar-refractivity contribution in [1.29, 1.82) is 0 Å². The molecule has 3 rings (SSSR count). The number of alkyl carbamates (subject to hydrolysis) is 1. The standard InChI is InChI=1S/C26H33BN5O4/c1-16(2)22(32-26(35)36-4)25(34)31-21(15-29-24(33)18-8-6-5-7-9-18)23-28-14-20(30-23)17-10-12-19(27-3)13-11-17/h5-13,16,20-22H,14-15H2,1-4H3,(H,28,30)(H,29,33)(H,31,34)(H,32,35)/t20?,21-,22-/m0/s1. The first-order chi connectivity index (χ1) is 17.3. The van der Waals surface area contributed by atoms with Gasteiger partial charge in [0.05, 0.1) is 19.7 Å². The lowest BCUT2D eigenvalue weighted by atomic mass is 9.73. The zero-order valence-electron chi connectivity index (χ0n) is 21.1. The summed E-state index contributed by atoms with van der Waals surface area (Å²) in [5.41, 5.74) is 2.72. The molecule has 2 aromatic rings. The molecule has 0 saturated carbocycles. The highest BCUT2D eigenvalue weighted by molar-refractivity contribution is 6.51. The van der Waals surface area contributed by atoms with Crippen molar-refractivity contribution < 1.29 is 19.1 Å². The molecule has 0 aromatic heterocycles. The van der Waals surface area contributed by atoms with Crippen molar-refractivity contribution >= 4 is 36.5 Å². The van der Waals surface area contributed by atoms with Crippen LogP contribution in [0, 0.1) is 5.92 Å². The zero-order chi connectivity index (χ0) is 26.1. The first kappa shape index (κ1) is 26.8. The smallest absolute Gasteiger partial charge is 0.407 e. The predicted molar refractivity (Wildman–Crippen MR) is 141 cm³/mol. The fourth-order valence-electron chi connectivity index (χ4n) is 3.86. The highest BCUT2D eigenvalue weighted by Crippen LogP contribution is 2.17. The first-order valence-electron chi connectivity index (χ1n) is 12.0. The second-order valence-electron chi connectivity index (χ2n) is 8.87. The number of benzene rings is 2. The number of nitrogens with one attached hydrogen (secondary N) is 4. The van der Waals surface area contributed by atoms with Gasteiger partial charge in [-0.2, -0.15) is 0 Å². The van der Waals surface area contributed by atoms with Crippen molar-refractivity contribution in [2.24, 2.45) is 10.9 Å². The van der Waals surface area contributed by atoms with Crippen LogP contribution in [0.15, 0.2) is 59.6 Å². The van der Waals surface area contributed by atoms with Crippen LogP contribution in [-0.2, 0) is 9.53 Å². The number of hydrogen-bond acceptors (Lipinski definition) is 6. The van der Waals surface area contributed by atoms with Crippen LogP contribution < -0.4 is 26.7 Å². The number of amides is 3. The van der Waals surface area contributed by atoms with E-state index >= 15 is 0 Å². The van der Waals surface area contributed by atoms with E-state index in [0.717, 1.165) is 11.0 Å². The largest absolute Gasteiger partial charge is 0.453 e. The Hall–Kier alpha value is -3.82. The van der Waals surface area contributed by atoms with Gasteiger partial charge in [0, 0.05) is 12.1 Å². The Kier molecular flexibility index (Phi) is 9.49. The van der Waals surface area contributed by atoms with Crippen molar-refractivity contribution in [2.75, 3.05) is 20.2 Å². The summed E-state index contributed by atoms with van der Waals surface area (Å²) in [6.45, 7) is 6.25. The summed E-state index contributed by atoms with van der Waals surface area (Å²) >= 11 is 0. The Balaban J connectivity index is 1.74. The number of nitrogens with zero attached hydrogens (tertiary/aromatic N) is 1. The molecule has 3 atom stereocenters. The van der Waals surface area contributed by atoms with Crippen LogP contribution in [0.2, 0.25) is 6.82 Å². The van der Waals surface area contributed by atoms with E-state index in [9.17, 15) is 14.4 Å². The molecule has 0 saturated heterocycles. The van der Waals surface area contributed by atoms with Crippen molar-refractivity contribution in [3.05, 3.63) is 65.7 Å². The number of amidine groups is 1.